The number of hydrogen-bond acceptors (Lipinski definition) is 10. The van der Waals surface area contributed by atoms with E-state index < -0.39 is 0 Å². The molecule has 0 radical (unpaired) electrons. The molecule has 4 rings (SSSR count). The normalized spacial score (nSPS) is 14.3. The van der Waals surface area contributed by atoms with Crippen molar-refractivity contribution in [1.82, 2.24) is 20.1 Å². The number of aromatic nitrogens is 4. The molecule has 1 aromatic carbocycles. The van der Waals surface area contributed by atoms with Crippen LogP contribution in [0.1, 0.15) is 18.7 Å². The Labute approximate surface area is 179 Å². The molecule has 1 saturated heterocycles. The highest BCUT2D eigenvalue weighted by Gasteiger charge is 2.27. The molecule has 1 fully saturated rings. The molecular weight excluding hydrogens is 402 g/mol. The summed E-state index contributed by atoms with van der Waals surface area (Å²) in [6.45, 7) is 1.34. The van der Waals surface area contributed by atoms with Crippen molar-refractivity contribution in [3.05, 3.63) is 42.5 Å². The molecule has 0 aliphatic carbocycles. The van der Waals surface area contributed by atoms with Crippen molar-refractivity contribution in [1.29, 1.82) is 0 Å². The molecule has 162 valence electrons. The van der Waals surface area contributed by atoms with E-state index in [1.165, 1.54) is 0 Å². The number of anilines is 1. The highest BCUT2D eigenvalue weighted by atomic mass is 16.6. The highest BCUT2D eigenvalue weighted by molar-refractivity contribution is 5.72. The highest BCUT2D eigenvalue weighted by Crippen LogP contribution is 2.31. The number of carbonyl (C=O) groups excluding carboxylic acids is 1. The minimum atomic E-state index is -0.264. The summed E-state index contributed by atoms with van der Waals surface area (Å²) in [5.74, 6) is 2.02. The number of hydrogen-bond donors (Lipinski definition) is 0. The number of ether oxygens (including phenoxy) is 3. The van der Waals surface area contributed by atoms with Gasteiger partial charge in [-0.2, -0.15) is 4.98 Å². The van der Waals surface area contributed by atoms with Crippen molar-refractivity contribution < 1.29 is 23.5 Å². The average molecular weight is 425 g/mol. The van der Waals surface area contributed by atoms with E-state index in [9.17, 15) is 4.79 Å². The summed E-state index contributed by atoms with van der Waals surface area (Å²) in [7, 11) is 3.12. The first-order chi connectivity index (χ1) is 15.2. The zero-order valence-corrected chi connectivity index (χ0v) is 17.4. The molecule has 2 aromatic heterocycles. The molecule has 0 bridgehead atoms. The number of carbonyl (C=O) groups is 1. The summed E-state index contributed by atoms with van der Waals surface area (Å²) >= 11 is 0. The van der Waals surface area contributed by atoms with Gasteiger partial charge in [-0.05, 0) is 37.1 Å². The van der Waals surface area contributed by atoms with Crippen LogP contribution in [-0.4, -0.2) is 53.4 Å². The van der Waals surface area contributed by atoms with E-state index in [2.05, 4.69) is 25.0 Å². The predicted molar refractivity (Wildman–Crippen MR) is 110 cm³/mol. The molecule has 0 N–H and O–H groups in total. The Kier molecular flexibility index (Phi) is 6.25. The van der Waals surface area contributed by atoms with Crippen LogP contribution in [0.15, 0.2) is 41.2 Å². The Hall–Kier alpha value is -3.69. The molecule has 0 amide bonds. The molecule has 0 unspecified atom stereocenters. The molecule has 3 aromatic rings. The molecule has 31 heavy (non-hydrogen) atoms. The second-order valence-electron chi connectivity index (χ2n) is 7.00. The predicted octanol–water partition coefficient (Wildman–Crippen LogP) is 2.50. The van der Waals surface area contributed by atoms with E-state index in [0.717, 1.165) is 0 Å². The standard InChI is InChI=1S/C21H23N5O5/c1-28-16-5-4-15(12-17(16)29-2)19-24-18(31-25-19)13-30-20(27)14-6-10-26(11-7-14)21-22-8-3-9-23-21/h3-5,8-9,12,14H,6-7,10-11,13H2,1-2H3. The molecule has 0 atom stereocenters. The average Bonchev–Trinajstić information content (AvgIpc) is 3.32. The van der Waals surface area contributed by atoms with Crippen molar-refractivity contribution in [2.75, 3.05) is 32.2 Å². The van der Waals surface area contributed by atoms with Gasteiger partial charge >= 0.3 is 5.97 Å². The third-order valence-electron chi connectivity index (χ3n) is 5.11. The van der Waals surface area contributed by atoms with Crippen LogP contribution in [0.25, 0.3) is 11.4 Å². The van der Waals surface area contributed by atoms with Gasteiger partial charge < -0.3 is 23.6 Å². The van der Waals surface area contributed by atoms with Crippen LogP contribution in [0.4, 0.5) is 5.95 Å². The Bertz CT molecular complexity index is 1020. The van der Waals surface area contributed by atoms with Crippen LogP contribution >= 0.6 is 0 Å². The van der Waals surface area contributed by atoms with Gasteiger partial charge in [-0.25, -0.2) is 9.97 Å². The minimum absolute atomic E-state index is 0.0683. The second-order valence-corrected chi connectivity index (χ2v) is 7.00. The Morgan fingerprint density at radius 1 is 1.13 bits per heavy atom. The second kappa shape index (κ2) is 9.41. The fourth-order valence-electron chi connectivity index (χ4n) is 3.43. The summed E-state index contributed by atoms with van der Waals surface area (Å²) in [6, 6.07) is 7.09. The lowest BCUT2D eigenvalue weighted by molar-refractivity contribution is -0.151. The maximum absolute atomic E-state index is 12.5. The first-order valence-electron chi connectivity index (χ1n) is 9.91. The zero-order valence-electron chi connectivity index (χ0n) is 17.4. The zero-order chi connectivity index (χ0) is 21.6. The van der Waals surface area contributed by atoms with E-state index in [-0.39, 0.29) is 24.4 Å². The first kappa shape index (κ1) is 20.6. The van der Waals surface area contributed by atoms with E-state index in [4.69, 9.17) is 18.7 Å². The molecule has 3 heterocycles. The van der Waals surface area contributed by atoms with Gasteiger partial charge in [0.25, 0.3) is 5.89 Å². The molecule has 0 spiro atoms. The Morgan fingerprint density at radius 3 is 2.58 bits per heavy atom. The maximum Gasteiger partial charge on any atom is 0.309 e. The lowest BCUT2D eigenvalue weighted by Crippen LogP contribution is -2.37. The van der Waals surface area contributed by atoms with Crippen molar-refractivity contribution in [2.45, 2.75) is 19.4 Å². The number of rotatable bonds is 7. The van der Waals surface area contributed by atoms with Gasteiger partial charge in [0.15, 0.2) is 18.1 Å². The van der Waals surface area contributed by atoms with Crippen molar-refractivity contribution in [3.8, 4) is 22.9 Å². The smallest absolute Gasteiger partial charge is 0.309 e. The first-order valence-corrected chi connectivity index (χ1v) is 9.91. The largest absolute Gasteiger partial charge is 0.493 e. The molecular formula is C21H23N5O5. The number of methoxy groups -OCH3 is 2. The molecule has 10 nitrogen and oxygen atoms in total. The van der Waals surface area contributed by atoms with Crippen molar-refractivity contribution in [2.24, 2.45) is 5.92 Å². The quantitative estimate of drug-likeness (QED) is 0.523. The van der Waals surface area contributed by atoms with Crippen LogP contribution in [0.2, 0.25) is 0 Å². The molecule has 10 heteroatoms. The van der Waals surface area contributed by atoms with Gasteiger partial charge in [0.05, 0.1) is 20.1 Å². The fourth-order valence-corrected chi connectivity index (χ4v) is 3.43. The lowest BCUT2D eigenvalue weighted by atomic mass is 9.97. The monoisotopic (exact) mass is 425 g/mol. The van der Waals surface area contributed by atoms with Crippen molar-refractivity contribution >= 4 is 11.9 Å². The van der Waals surface area contributed by atoms with Crippen LogP contribution in [0.5, 0.6) is 11.5 Å². The summed E-state index contributed by atoms with van der Waals surface area (Å²) in [6.07, 6.45) is 4.78. The number of esters is 1. The SMILES string of the molecule is COc1ccc(-c2noc(COC(=O)C3CCN(c4ncccn4)CC3)n2)cc1OC. The van der Waals surface area contributed by atoms with Crippen LogP contribution in [-0.2, 0) is 16.1 Å². The number of piperidine rings is 1. The van der Waals surface area contributed by atoms with Gasteiger partial charge in [-0.15, -0.1) is 0 Å². The summed E-state index contributed by atoms with van der Waals surface area (Å²) in [4.78, 5) is 27.3. The summed E-state index contributed by atoms with van der Waals surface area (Å²) in [5, 5.41) is 3.96. The Morgan fingerprint density at radius 2 is 1.87 bits per heavy atom. The fraction of sp³-hybridized carbons (Fsp3) is 0.381. The number of benzene rings is 1. The topological polar surface area (TPSA) is 113 Å². The van der Waals surface area contributed by atoms with Crippen LogP contribution in [0.3, 0.4) is 0 Å². The third kappa shape index (κ3) is 4.73. The number of nitrogens with zero attached hydrogens (tertiary/aromatic N) is 5. The Balaban J connectivity index is 1.30. The summed E-state index contributed by atoms with van der Waals surface area (Å²) < 4.78 is 21.2. The molecule has 1 aliphatic heterocycles. The van der Waals surface area contributed by atoms with Gasteiger partial charge in [0.2, 0.25) is 11.8 Å². The minimum Gasteiger partial charge on any atom is -0.493 e. The van der Waals surface area contributed by atoms with Gasteiger partial charge in [0.1, 0.15) is 0 Å². The van der Waals surface area contributed by atoms with Gasteiger partial charge in [-0.3, -0.25) is 4.79 Å². The molecule has 1 aliphatic rings. The van der Waals surface area contributed by atoms with Crippen molar-refractivity contribution in [3.63, 3.8) is 0 Å². The maximum atomic E-state index is 12.5. The van der Waals surface area contributed by atoms with E-state index in [1.54, 1.807) is 50.9 Å². The van der Waals surface area contributed by atoms with Gasteiger partial charge in [0, 0.05) is 31.0 Å². The van der Waals surface area contributed by atoms with E-state index >= 15 is 0 Å². The van der Waals surface area contributed by atoms with Gasteiger partial charge in [-0.1, -0.05) is 5.16 Å². The summed E-state index contributed by atoms with van der Waals surface area (Å²) in [5.41, 5.74) is 0.703. The third-order valence-corrected chi connectivity index (χ3v) is 5.11. The van der Waals surface area contributed by atoms with E-state index in [0.29, 0.717) is 54.8 Å². The molecule has 0 saturated carbocycles. The van der Waals surface area contributed by atoms with E-state index in [1.807, 2.05) is 0 Å². The lowest BCUT2D eigenvalue weighted by Gasteiger charge is -2.30. The van der Waals surface area contributed by atoms with Crippen LogP contribution < -0.4 is 14.4 Å². The van der Waals surface area contributed by atoms with Crippen LogP contribution in [0, 0.1) is 5.92 Å².